The highest BCUT2D eigenvalue weighted by Crippen LogP contribution is 2.19. The van der Waals surface area contributed by atoms with E-state index in [1.807, 2.05) is 4.90 Å². The molecule has 0 unspecified atom stereocenters. The highest BCUT2D eigenvalue weighted by atomic mass is 35.5. The molecule has 0 spiro atoms. The summed E-state index contributed by atoms with van der Waals surface area (Å²) in [5.74, 6) is -0.0620. The predicted octanol–water partition coefficient (Wildman–Crippen LogP) is 3.13. The van der Waals surface area contributed by atoms with Crippen molar-refractivity contribution in [1.82, 2.24) is 14.3 Å². The minimum absolute atomic E-state index is 0.0620. The maximum Gasteiger partial charge on any atom is 0.265 e. The lowest BCUT2D eigenvalue weighted by molar-refractivity contribution is 0.0725. The molecule has 1 aliphatic heterocycles. The van der Waals surface area contributed by atoms with Gasteiger partial charge in [0.05, 0.1) is 16.5 Å². The quantitative estimate of drug-likeness (QED) is 0.639. The summed E-state index contributed by atoms with van der Waals surface area (Å²) in [6.07, 6.45) is 4.83. The topological polar surface area (TPSA) is 54.7 Å². The Kier molecular flexibility index (Phi) is 3.73. The van der Waals surface area contributed by atoms with Crippen LogP contribution >= 0.6 is 11.6 Å². The van der Waals surface area contributed by atoms with Gasteiger partial charge in [-0.1, -0.05) is 11.6 Å². The summed E-state index contributed by atoms with van der Waals surface area (Å²) < 4.78 is 1.43. The number of rotatable bonds is 1. The predicted molar refractivity (Wildman–Crippen MR) is 93.7 cm³/mol. The lowest BCUT2D eigenvalue weighted by Crippen LogP contribution is -2.36. The molecule has 4 rings (SSSR count). The molecule has 0 N–H and O–H groups in total. The second-order valence-corrected chi connectivity index (χ2v) is 6.48. The molecule has 0 bridgehead atoms. The van der Waals surface area contributed by atoms with Gasteiger partial charge >= 0.3 is 0 Å². The highest BCUT2D eigenvalue weighted by molar-refractivity contribution is 6.31. The van der Waals surface area contributed by atoms with Crippen LogP contribution in [0.25, 0.3) is 16.6 Å². The number of fused-ring (bicyclic) bond motifs is 2. The third kappa shape index (κ3) is 2.45. The van der Waals surface area contributed by atoms with E-state index in [9.17, 15) is 9.59 Å². The Morgan fingerprint density at radius 1 is 1.12 bits per heavy atom. The Balaban J connectivity index is 1.94. The number of piperidine rings is 1. The molecule has 0 atom stereocenters. The molecule has 3 aromatic rings. The number of nitrogens with zero attached hydrogens (tertiary/aromatic N) is 3. The van der Waals surface area contributed by atoms with Gasteiger partial charge in [0, 0.05) is 24.3 Å². The molecular weight excluding hydrogens is 326 g/mol. The van der Waals surface area contributed by atoms with Gasteiger partial charge in [0.15, 0.2) is 5.65 Å². The largest absolute Gasteiger partial charge is 0.339 e. The van der Waals surface area contributed by atoms with E-state index in [0.717, 1.165) is 32.4 Å². The molecule has 0 aliphatic carbocycles. The van der Waals surface area contributed by atoms with Gasteiger partial charge in [-0.25, -0.2) is 4.98 Å². The van der Waals surface area contributed by atoms with Crippen LogP contribution in [0.4, 0.5) is 0 Å². The third-order valence-electron chi connectivity index (χ3n) is 4.47. The summed E-state index contributed by atoms with van der Waals surface area (Å²) in [6.45, 7) is 1.51. The van der Waals surface area contributed by atoms with Crippen LogP contribution in [0.5, 0.6) is 0 Å². The molecule has 5 nitrogen and oxygen atoms in total. The van der Waals surface area contributed by atoms with Gasteiger partial charge in [0.2, 0.25) is 0 Å². The molecule has 1 amide bonds. The molecule has 0 saturated carbocycles. The number of halogens is 1. The normalized spacial score (nSPS) is 15.1. The first-order valence-electron chi connectivity index (χ1n) is 8.05. The van der Waals surface area contributed by atoms with Crippen molar-refractivity contribution in [3.63, 3.8) is 0 Å². The van der Waals surface area contributed by atoms with Crippen LogP contribution in [0.15, 0.2) is 41.3 Å². The minimum Gasteiger partial charge on any atom is -0.339 e. The molecular formula is C18H16ClN3O2. The van der Waals surface area contributed by atoms with Gasteiger partial charge in [-0.15, -0.1) is 0 Å². The Morgan fingerprint density at radius 3 is 2.71 bits per heavy atom. The molecule has 1 saturated heterocycles. The summed E-state index contributed by atoms with van der Waals surface area (Å²) in [6, 6.07) is 8.46. The van der Waals surface area contributed by atoms with Crippen LogP contribution in [0.2, 0.25) is 5.02 Å². The maximum atomic E-state index is 12.9. The second-order valence-electron chi connectivity index (χ2n) is 6.05. The first-order chi connectivity index (χ1) is 11.6. The Bertz CT molecular complexity index is 1010. The fraction of sp³-hybridized carbons (Fsp3) is 0.278. The molecule has 1 fully saturated rings. The molecule has 24 heavy (non-hydrogen) atoms. The molecule has 6 heteroatoms. The number of amides is 1. The van der Waals surface area contributed by atoms with E-state index in [1.165, 1.54) is 4.40 Å². The van der Waals surface area contributed by atoms with E-state index in [4.69, 9.17) is 11.6 Å². The van der Waals surface area contributed by atoms with E-state index < -0.39 is 0 Å². The van der Waals surface area contributed by atoms with Crippen molar-refractivity contribution in [2.75, 3.05) is 13.1 Å². The van der Waals surface area contributed by atoms with E-state index in [2.05, 4.69) is 4.98 Å². The molecule has 2 aromatic heterocycles. The fourth-order valence-electron chi connectivity index (χ4n) is 3.23. The number of hydrogen-bond acceptors (Lipinski definition) is 3. The van der Waals surface area contributed by atoms with Crippen LogP contribution < -0.4 is 5.56 Å². The number of benzene rings is 1. The van der Waals surface area contributed by atoms with Crippen LogP contribution in [-0.2, 0) is 0 Å². The molecule has 0 radical (unpaired) electrons. The van der Waals surface area contributed by atoms with Crippen molar-refractivity contribution >= 4 is 34.1 Å². The monoisotopic (exact) mass is 341 g/mol. The first-order valence-corrected chi connectivity index (χ1v) is 8.43. The first kappa shape index (κ1) is 15.1. The van der Waals surface area contributed by atoms with Gasteiger partial charge in [-0.3, -0.25) is 14.0 Å². The van der Waals surface area contributed by atoms with Crippen molar-refractivity contribution in [2.45, 2.75) is 19.3 Å². The second kappa shape index (κ2) is 5.91. The summed E-state index contributed by atoms with van der Waals surface area (Å²) in [5.41, 5.74) is 1.19. The Labute approximate surface area is 143 Å². The molecule has 1 aromatic carbocycles. The number of hydrogen-bond donors (Lipinski definition) is 0. The average molecular weight is 342 g/mol. The highest BCUT2D eigenvalue weighted by Gasteiger charge is 2.21. The van der Waals surface area contributed by atoms with E-state index in [-0.39, 0.29) is 11.5 Å². The SMILES string of the molecule is O=C(c1cccn2c(=O)c3cc(Cl)ccc3nc12)N1CCCCC1. The standard InChI is InChI=1S/C18H16ClN3O2/c19-12-6-7-15-14(11-12)18(24)22-10-4-5-13(16(22)20-15)17(23)21-8-2-1-3-9-21/h4-7,10-11H,1-3,8-9H2. The minimum atomic E-state index is -0.217. The summed E-state index contributed by atoms with van der Waals surface area (Å²) in [7, 11) is 0. The zero-order valence-corrected chi connectivity index (χ0v) is 13.8. The lowest BCUT2D eigenvalue weighted by Gasteiger charge is -2.27. The number of carbonyl (C=O) groups is 1. The molecule has 1 aliphatic rings. The maximum absolute atomic E-state index is 12.9. The van der Waals surface area contributed by atoms with E-state index >= 15 is 0 Å². The number of likely N-dealkylation sites (tertiary alicyclic amines) is 1. The summed E-state index contributed by atoms with van der Waals surface area (Å²) >= 11 is 5.99. The van der Waals surface area contributed by atoms with Crippen LogP contribution in [0.3, 0.4) is 0 Å². The van der Waals surface area contributed by atoms with E-state index in [0.29, 0.717) is 27.1 Å². The fourth-order valence-corrected chi connectivity index (χ4v) is 3.41. The van der Waals surface area contributed by atoms with Crippen molar-refractivity contribution in [3.8, 4) is 0 Å². The van der Waals surface area contributed by atoms with Crippen molar-refractivity contribution in [2.24, 2.45) is 0 Å². The third-order valence-corrected chi connectivity index (χ3v) is 4.71. The smallest absolute Gasteiger partial charge is 0.265 e. The van der Waals surface area contributed by atoms with Crippen molar-refractivity contribution < 1.29 is 4.79 Å². The Morgan fingerprint density at radius 2 is 1.92 bits per heavy atom. The Hall–Kier alpha value is -2.40. The zero-order valence-electron chi connectivity index (χ0n) is 13.0. The zero-order chi connectivity index (χ0) is 16.7. The van der Waals surface area contributed by atoms with Gasteiger partial charge in [0.25, 0.3) is 11.5 Å². The van der Waals surface area contributed by atoms with Gasteiger partial charge in [-0.2, -0.15) is 0 Å². The van der Waals surface area contributed by atoms with Crippen LogP contribution in [0.1, 0.15) is 29.6 Å². The van der Waals surface area contributed by atoms with Crippen molar-refractivity contribution in [3.05, 3.63) is 57.5 Å². The van der Waals surface area contributed by atoms with Gasteiger partial charge in [0.1, 0.15) is 0 Å². The van der Waals surface area contributed by atoms with Crippen LogP contribution in [0, 0.1) is 0 Å². The average Bonchev–Trinajstić information content (AvgIpc) is 2.62. The van der Waals surface area contributed by atoms with Gasteiger partial charge < -0.3 is 4.90 Å². The number of aromatic nitrogens is 2. The summed E-state index contributed by atoms with van der Waals surface area (Å²) in [5, 5.41) is 0.935. The summed E-state index contributed by atoms with van der Waals surface area (Å²) in [4.78, 5) is 32.0. The van der Waals surface area contributed by atoms with E-state index in [1.54, 1.807) is 36.5 Å². The van der Waals surface area contributed by atoms with Crippen molar-refractivity contribution in [1.29, 1.82) is 0 Å². The molecule has 122 valence electrons. The lowest BCUT2D eigenvalue weighted by atomic mass is 10.1. The number of pyridine rings is 1. The molecule has 3 heterocycles. The number of carbonyl (C=O) groups excluding carboxylic acids is 1. The van der Waals surface area contributed by atoms with Gasteiger partial charge in [-0.05, 0) is 49.6 Å². The van der Waals surface area contributed by atoms with Crippen LogP contribution in [-0.4, -0.2) is 33.3 Å².